The van der Waals surface area contributed by atoms with Gasteiger partial charge in [-0.15, -0.1) is 0 Å². The molecule has 0 radical (unpaired) electrons. The van der Waals surface area contributed by atoms with Gasteiger partial charge in [-0.2, -0.15) is 0 Å². The zero-order chi connectivity index (χ0) is 14.5. The van der Waals surface area contributed by atoms with Gasteiger partial charge in [0.2, 0.25) is 0 Å². The van der Waals surface area contributed by atoms with Crippen molar-refractivity contribution < 1.29 is 0 Å². The summed E-state index contributed by atoms with van der Waals surface area (Å²) in [7, 11) is 0. The van der Waals surface area contributed by atoms with Crippen LogP contribution in [0.3, 0.4) is 0 Å². The van der Waals surface area contributed by atoms with E-state index in [0.717, 1.165) is 12.8 Å². The first kappa shape index (κ1) is 14.8. The fourth-order valence-electron chi connectivity index (χ4n) is 2.71. The van der Waals surface area contributed by atoms with Crippen LogP contribution in [-0.4, -0.2) is 6.04 Å². The topological polar surface area (TPSA) is 26.0 Å². The van der Waals surface area contributed by atoms with Gasteiger partial charge in [0.05, 0.1) is 0 Å². The van der Waals surface area contributed by atoms with E-state index < -0.39 is 0 Å². The van der Waals surface area contributed by atoms with E-state index in [9.17, 15) is 0 Å². The highest BCUT2D eigenvalue weighted by atomic mass is 14.6. The highest BCUT2D eigenvalue weighted by Gasteiger charge is 2.17. The Morgan fingerprint density at radius 3 is 1.80 bits per heavy atom. The van der Waals surface area contributed by atoms with Crippen molar-refractivity contribution in [1.82, 2.24) is 0 Å². The molecule has 2 aromatic rings. The van der Waals surface area contributed by atoms with Crippen LogP contribution in [0.25, 0.3) is 0 Å². The Kier molecular flexibility index (Phi) is 4.97. The summed E-state index contributed by atoms with van der Waals surface area (Å²) in [5.41, 5.74) is 11.6. The van der Waals surface area contributed by atoms with Gasteiger partial charge in [-0.05, 0) is 37.8 Å². The molecule has 1 unspecified atom stereocenters. The zero-order valence-electron chi connectivity index (χ0n) is 12.8. The van der Waals surface area contributed by atoms with Crippen LogP contribution < -0.4 is 5.73 Å². The van der Waals surface area contributed by atoms with Crippen LogP contribution in [0.2, 0.25) is 0 Å². The first-order chi connectivity index (χ1) is 9.60. The number of benzene rings is 2. The summed E-state index contributed by atoms with van der Waals surface area (Å²) >= 11 is 0. The molecule has 0 saturated carbocycles. The molecule has 0 aliphatic rings. The fraction of sp³-hybridized carbons (Fsp3) is 0.368. The second kappa shape index (κ2) is 6.71. The van der Waals surface area contributed by atoms with Crippen molar-refractivity contribution in [3.05, 3.63) is 70.8 Å². The van der Waals surface area contributed by atoms with Crippen LogP contribution in [0.15, 0.2) is 48.5 Å². The molecule has 106 valence electrons. The molecular weight excluding hydrogens is 242 g/mol. The van der Waals surface area contributed by atoms with Crippen molar-refractivity contribution in [2.75, 3.05) is 0 Å². The van der Waals surface area contributed by atoms with Crippen molar-refractivity contribution in [2.45, 2.75) is 45.6 Å². The molecule has 2 rings (SSSR count). The molecule has 0 aliphatic carbocycles. The van der Waals surface area contributed by atoms with E-state index in [1.54, 1.807) is 0 Å². The summed E-state index contributed by atoms with van der Waals surface area (Å²) in [5, 5.41) is 0. The monoisotopic (exact) mass is 267 g/mol. The van der Waals surface area contributed by atoms with Crippen molar-refractivity contribution in [3.63, 3.8) is 0 Å². The molecule has 0 amide bonds. The molecule has 0 heterocycles. The number of aryl methyl sites for hydroxylation is 2. The lowest BCUT2D eigenvalue weighted by atomic mass is 9.84. The molecule has 0 aromatic heterocycles. The molecule has 20 heavy (non-hydrogen) atoms. The van der Waals surface area contributed by atoms with Gasteiger partial charge in [-0.1, -0.05) is 66.6 Å². The van der Waals surface area contributed by atoms with Crippen LogP contribution in [0.5, 0.6) is 0 Å². The Balaban J connectivity index is 2.39. The molecule has 1 heteroatoms. The summed E-state index contributed by atoms with van der Waals surface area (Å²) in [6.07, 6.45) is 2.03. The van der Waals surface area contributed by atoms with Crippen LogP contribution in [-0.2, 0) is 0 Å². The molecule has 2 aromatic carbocycles. The van der Waals surface area contributed by atoms with E-state index in [0.29, 0.717) is 5.92 Å². The molecule has 0 fully saturated rings. The zero-order valence-corrected chi connectivity index (χ0v) is 12.8. The van der Waals surface area contributed by atoms with E-state index in [2.05, 4.69) is 69.3 Å². The minimum Gasteiger partial charge on any atom is -0.328 e. The van der Waals surface area contributed by atoms with Crippen molar-refractivity contribution >= 4 is 0 Å². The molecule has 1 nitrogen and oxygen atoms in total. The highest BCUT2D eigenvalue weighted by Crippen LogP contribution is 2.30. The lowest BCUT2D eigenvalue weighted by Crippen LogP contribution is -2.22. The van der Waals surface area contributed by atoms with Crippen LogP contribution in [0.4, 0.5) is 0 Å². The van der Waals surface area contributed by atoms with E-state index in [1.165, 1.54) is 22.3 Å². The normalized spacial score (nSPS) is 12.7. The second-order valence-electron chi connectivity index (χ2n) is 5.78. The molecule has 0 bridgehead atoms. The standard InChI is InChI=1S/C19H25N/c1-4-18(20)13-19(16-9-5-7-14(2)11-16)17-10-6-8-15(3)12-17/h5-12,18-19H,4,13,20H2,1-3H3. The number of hydrogen-bond donors (Lipinski definition) is 1. The summed E-state index contributed by atoms with van der Waals surface area (Å²) in [6, 6.07) is 17.9. The summed E-state index contributed by atoms with van der Waals surface area (Å²) < 4.78 is 0. The third-order valence-corrected chi connectivity index (χ3v) is 3.95. The predicted octanol–water partition coefficient (Wildman–Crippen LogP) is 4.56. The second-order valence-corrected chi connectivity index (χ2v) is 5.78. The van der Waals surface area contributed by atoms with Gasteiger partial charge in [0.25, 0.3) is 0 Å². The summed E-state index contributed by atoms with van der Waals surface area (Å²) in [6.45, 7) is 6.46. The maximum absolute atomic E-state index is 6.22. The van der Waals surface area contributed by atoms with Gasteiger partial charge in [-0.25, -0.2) is 0 Å². The lowest BCUT2D eigenvalue weighted by molar-refractivity contribution is 0.555. The van der Waals surface area contributed by atoms with Crippen molar-refractivity contribution in [3.8, 4) is 0 Å². The average molecular weight is 267 g/mol. The smallest absolute Gasteiger partial charge is 0.0104 e. The third-order valence-electron chi connectivity index (χ3n) is 3.95. The molecule has 0 aliphatic heterocycles. The van der Waals surface area contributed by atoms with Gasteiger partial charge in [-0.3, -0.25) is 0 Å². The Morgan fingerprint density at radius 2 is 1.40 bits per heavy atom. The van der Waals surface area contributed by atoms with Gasteiger partial charge in [0.15, 0.2) is 0 Å². The summed E-state index contributed by atoms with van der Waals surface area (Å²) in [5.74, 6) is 0.393. The van der Waals surface area contributed by atoms with Crippen molar-refractivity contribution in [2.24, 2.45) is 5.73 Å². The maximum Gasteiger partial charge on any atom is 0.0104 e. The van der Waals surface area contributed by atoms with Gasteiger partial charge in [0, 0.05) is 12.0 Å². The van der Waals surface area contributed by atoms with Crippen molar-refractivity contribution in [1.29, 1.82) is 0 Å². The molecule has 2 N–H and O–H groups in total. The van der Waals surface area contributed by atoms with Gasteiger partial charge < -0.3 is 5.73 Å². The van der Waals surface area contributed by atoms with Gasteiger partial charge in [0.1, 0.15) is 0 Å². The fourth-order valence-corrected chi connectivity index (χ4v) is 2.71. The Morgan fingerprint density at radius 1 is 0.900 bits per heavy atom. The Bertz CT molecular complexity index is 514. The molecule has 0 spiro atoms. The van der Waals surface area contributed by atoms with Crippen LogP contribution in [0, 0.1) is 13.8 Å². The molecule has 0 saturated heterocycles. The predicted molar refractivity (Wildman–Crippen MR) is 87.1 cm³/mol. The van der Waals surface area contributed by atoms with E-state index in [1.807, 2.05) is 0 Å². The van der Waals surface area contributed by atoms with E-state index in [-0.39, 0.29) is 6.04 Å². The van der Waals surface area contributed by atoms with Crippen LogP contribution >= 0.6 is 0 Å². The van der Waals surface area contributed by atoms with E-state index in [4.69, 9.17) is 5.73 Å². The summed E-state index contributed by atoms with van der Waals surface area (Å²) in [4.78, 5) is 0. The Hall–Kier alpha value is -1.60. The largest absolute Gasteiger partial charge is 0.328 e. The van der Waals surface area contributed by atoms with E-state index >= 15 is 0 Å². The minimum absolute atomic E-state index is 0.251. The molecule has 1 atom stereocenters. The third kappa shape index (κ3) is 3.71. The molecular formula is C19H25N. The minimum atomic E-state index is 0.251. The average Bonchev–Trinajstić information content (AvgIpc) is 2.44. The lowest BCUT2D eigenvalue weighted by Gasteiger charge is -2.22. The maximum atomic E-state index is 6.22. The van der Waals surface area contributed by atoms with Crippen LogP contribution in [0.1, 0.15) is 47.9 Å². The highest BCUT2D eigenvalue weighted by molar-refractivity contribution is 5.36. The SMILES string of the molecule is CCC(N)CC(c1cccc(C)c1)c1cccc(C)c1. The number of rotatable bonds is 5. The first-order valence-corrected chi connectivity index (χ1v) is 7.49. The number of hydrogen-bond acceptors (Lipinski definition) is 1. The first-order valence-electron chi connectivity index (χ1n) is 7.49. The quantitative estimate of drug-likeness (QED) is 0.844. The number of nitrogens with two attached hydrogens (primary N) is 1. The Labute approximate surface area is 122 Å². The van der Waals surface area contributed by atoms with Gasteiger partial charge >= 0.3 is 0 Å².